The van der Waals surface area contributed by atoms with Gasteiger partial charge in [0, 0.05) is 0 Å². The number of thiazole rings is 1. The fourth-order valence-electron chi connectivity index (χ4n) is 2.46. The molecule has 1 aromatic heterocycles. The number of hydrogen-bond donors (Lipinski definition) is 1. The Kier molecular flexibility index (Phi) is 6.88. The number of benzene rings is 2. The molecule has 0 fully saturated rings. The zero-order chi connectivity index (χ0) is 20.6. The molecule has 0 radical (unpaired) electrons. The monoisotopic (exact) mass is 414 g/mol. The zero-order valence-corrected chi connectivity index (χ0v) is 16.4. The van der Waals surface area contributed by atoms with Crippen molar-refractivity contribution in [2.75, 3.05) is 25.6 Å². The number of para-hydroxylation sites is 2. The molecule has 0 bridgehead atoms. The Morgan fingerprint density at radius 2 is 1.79 bits per heavy atom. The van der Waals surface area contributed by atoms with Gasteiger partial charge in [0.05, 0.1) is 35.2 Å². The SMILES string of the molecule is COC(=O)c1ccccc1NC(=O)COC(=O)COCc1nc2ccccc2s1. The maximum atomic E-state index is 12.0. The summed E-state index contributed by atoms with van der Waals surface area (Å²) in [5.74, 6) is -1.84. The first-order valence-corrected chi connectivity index (χ1v) is 9.43. The Labute approximate surface area is 170 Å². The standard InChI is InChI=1S/C20H18N2O6S/c1-26-20(25)13-6-2-3-7-14(13)21-17(23)10-28-19(24)12-27-11-18-22-15-8-4-5-9-16(15)29-18/h2-9H,10-12H2,1H3,(H,21,23). The van der Waals surface area contributed by atoms with Gasteiger partial charge < -0.3 is 19.5 Å². The van der Waals surface area contributed by atoms with Crippen molar-refractivity contribution in [3.63, 3.8) is 0 Å². The lowest BCUT2D eigenvalue weighted by molar-refractivity contribution is -0.152. The Hall–Kier alpha value is -3.30. The summed E-state index contributed by atoms with van der Waals surface area (Å²) < 4.78 is 15.9. The summed E-state index contributed by atoms with van der Waals surface area (Å²) in [4.78, 5) is 39.8. The van der Waals surface area contributed by atoms with Crippen LogP contribution in [0.15, 0.2) is 48.5 Å². The van der Waals surface area contributed by atoms with Crippen molar-refractivity contribution in [1.82, 2.24) is 4.98 Å². The molecule has 0 aliphatic carbocycles. The Morgan fingerprint density at radius 1 is 1.03 bits per heavy atom. The molecule has 2 aromatic carbocycles. The molecule has 0 saturated carbocycles. The third-order valence-corrected chi connectivity index (χ3v) is 4.76. The van der Waals surface area contributed by atoms with Gasteiger partial charge in [-0.15, -0.1) is 11.3 Å². The summed E-state index contributed by atoms with van der Waals surface area (Å²) in [6.45, 7) is -0.631. The average Bonchev–Trinajstić information content (AvgIpc) is 3.15. The van der Waals surface area contributed by atoms with Crippen LogP contribution in [0.25, 0.3) is 10.2 Å². The van der Waals surface area contributed by atoms with Crippen LogP contribution in [-0.2, 0) is 30.4 Å². The molecule has 3 aromatic rings. The molecular weight excluding hydrogens is 396 g/mol. The third-order valence-electron chi connectivity index (χ3n) is 3.75. The Morgan fingerprint density at radius 3 is 2.59 bits per heavy atom. The van der Waals surface area contributed by atoms with E-state index in [1.165, 1.54) is 24.5 Å². The molecule has 8 nitrogen and oxygen atoms in total. The molecule has 150 valence electrons. The lowest BCUT2D eigenvalue weighted by Crippen LogP contribution is -2.23. The first-order valence-electron chi connectivity index (χ1n) is 8.62. The molecule has 0 atom stereocenters. The van der Waals surface area contributed by atoms with Gasteiger partial charge in [-0.3, -0.25) is 4.79 Å². The number of hydrogen-bond acceptors (Lipinski definition) is 8. The van der Waals surface area contributed by atoms with Gasteiger partial charge in [0.15, 0.2) is 6.61 Å². The molecule has 29 heavy (non-hydrogen) atoms. The van der Waals surface area contributed by atoms with Gasteiger partial charge in [0.1, 0.15) is 11.6 Å². The van der Waals surface area contributed by atoms with Crippen molar-refractivity contribution in [1.29, 1.82) is 0 Å². The molecule has 0 aliphatic heterocycles. The summed E-state index contributed by atoms with van der Waals surface area (Å²) in [5.41, 5.74) is 1.35. The second kappa shape index (κ2) is 9.76. The number of fused-ring (bicyclic) bond motifs is 1. The van der Waals surface area contributed by atoms with E-state index < -0.39 is 24.5 Å². The van der Waals surface area contributed by atoms with Crippen LogP contribution in [0.5, 0.6) is 0 Å². The van der Waals surface area contributed by atoms with E-state index in [0.717, 1.165) is 15.2 Å². The number of methoxy groups -OCH3 is 1. The summed E-state index contributed by atoms with van der Waals surface area (Å²) >= 11 is 1.48. The quantitative estimate of drug-likeness (QED) is 0.565. The molecule has 9 heteroatoms. The highest BCUT2D eigenvalue weighted by atomic mass is 32.1. The van der Waals surface area contributed by atoms with Crippen molar-refractivity contribution in [3.8, 4) is 0 Å². The first kappa shape index (κ1) is 20.4. The molecule has 0 aliphatic rings. The molecule has 0 unspecified atom stereocenters. The van der Waals surface area contributed by atoms with Crippen LogP contribution < -0.4 is 5.32 Å². The van der Waals surface area contributed by atoms with Gasteiger partial charge >= 0.3 is 11.9 Å². The van der Waals surface area contributed by atoms with Crippen molar-refractivity contribution in [3.05, 3.63) is 59.1 Å². The highest BCUT2D eigenvalue weighted by molar-refractivity contribution is 7.18. The molecule has 1 N–H and O–H groups in total. The number of amides is 1. The number of esters is 2. The fourth-order valence-corrected chi connectivity index (χ4v) is 3.36. The van der Waals surface area contributed by atoms with Gasteiger partial charge in [-0.05, 0) is 24.3 Å². The number of rotatable bonds is 8. The number of carbonyl (C=O) groups is 3. The number of nitrogens with zero attached hydrogens (tertiary/aromatic N) is 1. The molecular formula is C20H18N2O6S. The molecule has 1 amide bonds. The fraction of sp³-hybridized carbons (Fsp3) is 0.200. The second-order valence-corrected chi connectivity index (χ2v) is 6.93. The summed E-state index contributed by atoms with van der Waals surface area (Å²) in [5, 5.41) is 3.26. The minimum Gasteiger partial charge on any atom is -0.465 e. The van der Waals surface area contributed by atoms with E-state index in [2.05, 4.69) is 15.0 Å². The van der Waals surface area contributed by atoms with E-state index in [-0.39, 0.29) is 24.5 Å². The van der Waals surface area contributed by atoms with Crippen LogP contribution in [0.2, 0.25) is 0 Å². The van der Waals surface area contributed by atoms with Crippen LogP contribution in [-0.4, -0.2) is 43.2 Å². The van der Waals surface area contributed by atoms with Gasteiger partial charge in [-0.2, -0.15) is 0 Å². The van der Waals surface area contributed by atoms with Crippen LogP contribution in [0.3, 0.4) is 0 Å². The van der Waals surface area contributed by atoms with E-state index in [1.54, 1.807) is 18.2 Å². The van der Waals surface area contributed by atoms with E-state index in [9.17, 15) is 14.4 Å². The molecule has 3 rings (SSSR count). The van der Waals surface area contributed by atoms with Gasteiger partial charge in [0.2, 0.25) is 0 Å². The number of anilines is 1. The predicted octanol–water partition coefficient (Wildman–Crippen LogP) is 2.78. The summed E-state index contributed by atoms with van der Waals surface area (Å²) in [6.07, 6.45) is 0. The number of ether oxygens (including phenoxy) is 3. The first-order chi connectivity index (χ1) is 14.1. The lowest BCUT2D eigenvalue weighted by Gasteiger charge is -2.10. The predicted molar refractivity (Wildman–Crippen MR) is 107 cm³/mol. The van der Waals surface area contributed by atoms with Crippen LogP contribution in [0, 0.1) is 0 Å². The topological polar surface area (TPSA) is 104 Å². The van der Waals surface area contributed by atoms with Crippen molar-refractivity contribution < 1.29 is 28.6 Å². The van der Waals surface area contributed by atoms with Gasteiger partial charge in [-0.25, -0.2) is 14.6 Å². The van der Waals surface area contributed by atoms with Crippen LogP contribution in [0.1, 0.15) is 15.4 Å². The molecule has 0 spiro atoms. The van der Waals surface area contributed by atoms with E-state index in [0.29, 0.717) is 0 Å². The highest BCUT2D eigenvalue weighted by Crippen LogP contribution is 2.22. The van der Waals surface area contributed by atoms with Crippen molar-refractivity contribution in [2.45, 2.75) is 6.61 Å². The third kappa shape index (κ3) is 5.59. The average molecular weight is 414 g/mol. The van der Waals surface area contributed by atoms with Crippen LogP contribution in [0.4, 0.5) is 5.69 Å². The maximum absolute atomic E-state index is 12.0. The zero-order valence-electron chi connectivity index (χ0n) is 15.5. The highest BCUT2D eigenvalue weighted by Gasteiger charge is 2.14. The van der Waals surface area contributed by atoms with E-state index in [4.69, 9.17) is 9.47 Å². The van der Waals surface area contributed by atoms with Gasteiger partial charge in [0.25, 0.3) is 5.91 Å². The van der Waals surface area contributed by atoms with E-state index >= 15 is 0 Å². The Balaban J connectivity index is 1.42. The maximum Gasteiger partial charge on any atom is 0.339 e. The smallest absolute Gasteiger partial charge is 0.339 e. The number of aromatic nitrogens is 1. The second-order valence-electron chi connectivity index (χ2n) is 5.81. The molecule has 0 saturated heterocycles. The van der Waals surface area contributed by atoms with E-state index in [1.807, 2.05) is 24.3 Å². The Bertz CT molecular complexity index is 999. The van der Waals surface area contributed by atoms with Crippen molar-refractivity contribution in [2.24, 2.45) is 0 Å². The number of carbonyl (C=O) groups excluding carboxylic acids is 3. The van der Waals surface area contributed by atoms with Crippen LogP contribution >= 0.6 is 11.3 Å². The molecule has 1 heterocycles. The normalized spacial score (nSPS) is 10.5. The van der Waals surface area contributed by atoms with Crippen molar-refractivity contribution >= 4 is 45.1 Å². The summed E-state index contributed by atoms with van der Waals surface area (Å²) in [6, 6.07) is 14.1. The number of nitrogens with one attached hydrogen (secondary N) is 1. The summed E-state index contributed by atoms with van der Waals surface area (Å²) in [7, 11) is 1.25. The minimum atomic E-state index is -0.678. The largest absolute Gasteiger partial charge is 0.465 e. The lowest BCUT2D eigenvalue weighted by atomic mass is 10.2. The van der Waals surface area contributed by atoms with Gasteiger partial charge in [-0.1, -0.05) is 24.3 Å². The minimum absolute atomic E-state index is 0.174.